The molecular formula is C17H22N4O3. The third-order valence-electron chi connectivity index (χ3n) is 4.71. The van der Waals surface area contributed by atoms with E-state index in [1.807, 2.05) is 21.9 Å². The minimum Gasteiger partial charge on any atom is -0.464 e. The Balaban J connectivity index is 1.46. The van der Waals surface area contributed by atoms with Crippen molar-refractivity contribution < 1.29 is 13.9 Å². The molecule has 7 nitrogen and oxygen atoms in total. The molecule has 2 aromatic rings. The molecule has 0 unspecified atom stereocenters. The topological polar surface area (TPSA) is 62.1 Å². The first-order chi connectivity index (χ1) is 11.8. The molecule has 24 heavy (non-hydrogen) atoms. The van der Waals surface area contributed by atoms with E-state index in [0.717, 1.165) is 42.8 Å². The van der Waals surface area contributed by atoms with Crippen molar-refractivity contribution in [2.75, 3.05) is 57.4 Å². The van der Waals surface area contributed by atoms with Crippen LogP contribution in [-0.4, -0.2) is 73.3 Å². The number of amides is 2. The van der Waals surface area contributed by atoms with Gasteiger partial charge in [-0.15, -0.1) is 0 Å². The Bertz CT molecular complexity index is 711. The number of urea groups is 1. The van der Waals surface area contributed by atoms with Gasteiger partial charge in [-0.1, -0.05) is 0 Å². The van der Waals surface area contributed by atoms with Gasteiger partial charge in [-0.05, 0) is 18.6 Å². The molecule has 0 saturated carbocycles. The van der Waals surface area contributed by atoms with E-state index in [4.69, 9.17) is 9.15 Å². The third-order valence-corrected chi connectivity index (χ3v) is 4.71. The zero-order valence-corrected chi connectivity index (χ0v) is 13.7. The van der Waals surface area contributed by atoms with E-state index in [-0.39, 0.29) is 6.03 Å². The summed E-state index contributed by atoms with van der Waals surface area (Å²) in [6.45, 7) is 5.83. The Morgan fingerprint density at radius 2 is 1.83 bits per heavy atom. The summed E-state index contributed by atoms with van der Waals surface area (Å²) in [6.07, 6.45) is 4.41. The summed E-state index contributed by atoms with van der Waals surface area (Å²) in [7, 11) is 0. The predicted octanol–water partition coefficient (Wildman–Crippen LogP) is 1.79. The van der Waals surface area contributed by atoms with Crippen molar-refractivity contribution in [1.82, 2.24) is 14.8 Å². The number of hydrogen-bond acceptors (Lipinski definition) is 5. The molecule has 0 atom stereocenters. The molecule has 4 heterocycles. The second-order valence-electron chi connectivity index (χ2n) is 6.18. The van der Waals surface area contributed by atoms with Crippen LogP contribution in [0.2, 0.25) is 0 Å². The Kier molecular flexibility index (Phi) is 4.25. The van der Waals surface area contributed by atoms with Crippen LogP contribution in [0, 0.1) is 0 Å². The number of carbonyl (C=O) groups is 1. The first-order valence-corrected chi connectivity index (χ1v) is 8.52. The van der Waals surface area contributed by atoms with E-state index < -0.39 is 0 Å². The van der Waals surface area contributed by atoms with Crippen molar-refractivity contribution in [2.45, 2.75) is 6.42 Å². The second-order valence-corrected chi connectivity index (χ2v) is 6.18. The van der Waals surface area contributed by atoms with E-state index in [0.29, 0.717) is 32.8 Å². The molecule has 7 heteroatoms. The highest BCUT2D eigenvalue weighted by Gasteiger charge is 2.25. The van der Waals surface area contributed by atoms with Crippen LogP contribution < -0.4 is 4.90 Å². The molecule has 2 saturated heterocycles. The van der Waals surface area contributed by atoms with Crippen LogP contribution in [0.25, 0.3) is 11.0 Å². The zero-order chi connectivity index (χ0) is 16.4. The lowest BCUT2D eigenvalue weighted by molar-refractivity contribution is 0.0438. The standard InChI is InChI=1S/C17H22N4O3/c22-17(21-9-12-23-13-10-21)20-6-1-5-19(7-8-20)16-14-3-11-24-15(14)2-4-18-16/h2-4,11H,1,5-10,12-13H2. The maximum absolute atomic E-state index is 12.7. The lowest BCUT2D eigenvalue weighted by Crippen LogP contribution is -2.49. The summed E-state index contributed by atoms with van der Waals surface area (Å²) in [5.41, 5.74) is 0.852. The molecule has 2 amide bonds. The van der Waals surface area contributed by atoms with Gasteiger partial charge in [-0.3, -0.25) is 0 Å². The smallest absolute Gasteiger partial charge is 0.320 e. The van der Waals surface area contributed by atoms with Gasteiger partial charge in [0.15, 0.2) is 0 Å². The lowest BCUT2D eigenvalue weighted by atomic mass is 10.3. The largest absolute Gasteiger partial charge is 0.464 e. The first-order valence-electron chi connectivity index (χ1n) is 8.52. The molecular weight excluding hydrogens is 308 g/mol. The fraction of sp³-hybridized carbons (Fsp3) is 0.529. The highest BCUT2D eigenvalue weighted by molar-refractivity contribution is 5.88. The van der Waals surface area contributed by atoms with Gasteiger partial charge in [0.05, 0.1) is 24.9 Å². The number of morpholine rings is 1. The van der Waals surface area contributed by atoms with Gasteiger partial charge in [0.1, 0.15) is 11.4 Å². The van der Waals surface area contributed by atoms with Gasteiger partial charge < -0.3 is 23.9 Å². The lowest BCUT2D eigenvalue weighted by Gasteiger charge is -2.32. The van der Waals surface area contributed by atoms with Gasteiger partial charge in [0, 0.05) is 45.5 Å². The number of fused-ring (bicyclic) bond motifs is 1. The normalized spacial score (nSPS) is 19.6. The Hall–Kier alpha value is -2.28. The van der Waals surface area contributed by atoms with E-state index in [9.17, 15) is 4.79 Å². The summed E-state index contributed by atoms with van der Waals surface area (Å²) >= 11 is 0. The van der Waals surface area contributed by atoms with Crippen molar-refractivity contribution >= 4 is 22.8 Å². The first kappa shape index (κ1) is 15.3. The quantitative estimate of drug-likeness (QED) is 0.798. The van der Waals surface area contributed by atoms with Gasteiger partial charge in [0.2, 0.25) is 0 Å². The highest BCUT2D eigenvalue weighted by atomic mass is 16.5. The van der Waals surface area contributed by atoms with E-state index in [2.05, 4.69) is 9.88 Å². The van der Waals surface area contributed by atoms with Gasteiger partial charge in [-0.2, -0.15) is 0 Å². The summed E-state index contributed by atoms with van der Waals surface area (Å²) in [4.78, 5) is 23.3. The van der Waals surface area contributed by atoms with Crippen molar-refractivity contribution in [3.63, 3.8) is 0 Å². The fourth-order valence-electron chi connectivity index (χ4n) is 3.41. The van der Waals surface area contributed by atoms with Crippen LogP contribution in [0.4, 0.5) is 10.6 Å². The number of rotatable bonds is 1. The van der Waals surface area contributed by atoms with Crippen molar-refractivity contribution in [2.24, 2.45) is 0 Å². The number of furan rings is 1. The summed E-state index contributed by atoms with van der Waals surface area (Å²) in [6, 6.07) is 3.97. The predicted molar refractivity (Wildman–Crippen MR) is 90.2 cm³/mol. The van der Waals surface area contributed by atoms with E-state index >= 15 is 0 Å². The molecule has 128 valence electrons. The molecule has 0 bridgehead atoms. The van der Waals surface area contributed by atoms with Crippen LogP contribution in [0.15, 0.2) is 29.0 Å². The third kappa shape index (κ3) is 2.91. The number of pyridine rings is 1. The fourth-order valence-corrected chi connectivity index (χ4v) is 3.41. The molecule has 2 aromatic heterocycles. The van der Waals surface area contributed by atoms with Crippen LogP contribution in [0.3, 0.4) is 0 Å². The van der Waals surface area contributed by atoms with Gasteiger partial charge >= 0.3 is 6.03 Å². The minimum absolute atomic E-state index is 0.134. The van der Waals surface area contributed by atoms with Gasteiger partial charge in [-0.25, -0.2) is 9.78 Å². The number of hydrogen-bond donors (Lipinski definition) is 0. The molecule has 0 spiro atoms. The molecule has 0 aliphatic carbocycles. The van der Waals surface area contributed by atoms with Crippen LogP contribution in [0.1, 0.15) is 6.42 Å². The summed E-state index contributed by atoms with van der Waals surface area (Å²) in [5.74, 6) is 0.946. The van der Waals surface area contributed by atoms with Crippen molar-refractivity contribution in [3.8, 4) is 0 Å². The number of ether oxygens (including phenoxy) is 1. The maximum atomic E-state index is 12.7. The number of aromatic nitrogens is 1. The molecule has 0 radical (unpaired) electrons. The average molecular weight is 330 g/mol. The Morgan fingerprint density at radius 1 is 1.00 bits per heavy atom. The molecule has 2 aliphatic rings. The van der Waals surface area contributed by atoms with Gasteiger partial charge in [0.25, 0.3) is 0 Å². The molecule has 4 rings (SSSR count). The van der Waals surface area contributed by atoms with E-state index in [1.54, 1.807) is 12.5 Å². The number of carbonyl (C=O) groups excluding carboxylic acids is 1. The van der Waals surface area contributed by atoms with E-state index in [1.165, 1.54) is 0 Å². The minimum atomic E-state index is 0.134. The van der Waals surface area contributed by atoms with Crippen LogP contribution in [-0.2, 0) is 4.74 Å². The zero-order valence-electron chi connectivity index (χ0n) is 13.7. The maximum Gasteiger partial charge on any atom is 0.320 e. The highest BCUT2D eigenvalue weighted by Crippen LogP contribution is 2.26. The molecule has 0 aromatic carbocycles. The van der Waals surface area contributed by atoms with Crippen molar-refractivity contribution in [1.29, 1.82) is 0 Å². The molecule has 2 aliphatic heterocycles. The number of anilines is 1. The van der Waals surface area contributed by atoms with Crippen molar-refractivity contribution in [3.05, 3.63) is 24.6 Å². The molecule has 2 fully saturated rings. The second kappa shape index (κ2) is 6.68. The summed E-state index contributed by atoms with van der Waals surface area (Å²) < 4.78 is 10.8. The summed E-state index contributed by atoms with van der Waals surface area (Å²) in [5, 5.41) is 1.03. The molecule has 0 N–H and O–H groups in total. The Morgan fingerprint density at radius 3 is 2.71 bits per heavy atom. The van der Waals surface area contributed by atoms with Crippen LogP contribution >= 0.6 is 0 Å². The Labute approximate surface area is 140 Å². The number of nitrogens with zero attached hydrogens (tertiary/aromatic N) is 4. The average Bonchev–Trinajstić information content (AvgIpc) is 2.99. The monoisotopic (exact) mass is 330 g/mol. The van der Waals surface area contributed by atoms with Crippen LogP contribution in [0.5, 0.6) is 0 Å². The SMILES string of the molecule is O=C(N1CCOCC1)N1CCCN(c2nccc3occc23)CC1.